The minimum Gasteiger partial charge on any atom is -0.369 e. The number of hydrogen-bond donors (Lipinski definition) is 0. The van der Waals surface area contributed by atoms with Crippen molar-refractivity contribution in [2.75, 3.05) is 31.1 Å². The van der Waals surface area contributed by atoms with Crippen molar-refractivity contribution in [2.45, 2.75) is 12.6 Å². The molecular formula is C25H23F2N7O2. The van der Waals surface area contributed by atoms with Crippen LogP contribution in [0.25, 0.3) is 0 Å². The summed E-state index contributed by atoms with van der Waals surface area (Å²) in [6.45, 7) is 3.08. The number of halogens is 2. The third-order valence-corrected chi connectivity index (χ3v) is 6.34. The van der Waals surface area contributed by atoms with Crippen LogP contribution in [0.5, 0.6) is 0 Å². The summed E-state index contributed by atoms with van der Waals surface area (Å²) in [6.07, 6.45) is 0. The van der Waals surface area contributed by atoms with E-state index in [0.29, 0.717) is 38.5 Å². The monoisotopic (exact) mass is 491 g/mol. The lowest BCUT2D eigenvalue weighted by Gasteiger charge is -2.39. The number of tetrazole rings is 1. The molecule has 0 radical (unpaired) electrons. The zero-order valence-corrected chi connectivity index (χ0v) is 19.2. The third-order valence-electron chi connectivity index (χ3n) is 6.34. The Kier molecular flexibility index (Phi) is 6.63. The van der Waals surface area contributed by atoms with Crippen molar-refractivity contribution >= 4 is 11.4 Å². The van der Waals surface area contributed by atoms with Gasteiger partial charge in [-0.2, -0.15) is 0 Å². The number of nitro groups is 1. The van der Waals surface area contributed by atoms with Gasteiger partial charge in [0.2, 0.25) is 0 Å². The van der Waals surface area contributed by atoms with Gasteiger partial charge < -0.3 is 4.90 Å². The molecule has 11 heteroatoms. The van der Waals surface area contributed by atoms with Gasteiger partial charge in [0.15, 0.2) is 5.82 Å². The second kappa shape index (κ2) is 10.2. The Labute approximate surface area is 205 Å². The number of rotatable bonds is 7. The second-order valence-electron chi connectivity index (χ2n) is 8.57. The molecule has 0 bridgehead atoms. The number of anilines is 1. The van der Waals surface area contributed by atoms with Gasteiger partial charge in [-0.15, -0.1) is 5.10 Å². The van der Waals surface area contributed by atoms with E-state index >= 15 is 0 Å². The zero-order valence-electron chi connectivity index (χ0n) is 19.2. The van der Waals surface area contributed by atoms with Crippen molar-refractivity contribution in [1.82, 2.24) is 25.1 Å². The van der Waals surface area contributed by atoms with Crippen LogP contribution in [0.4, 0.5) is 20.2 Å². The Bertz CT molecular complexity index is 1320. The van der Waals surface area contributed by atoms with Crippen molar-refractivity contribution in [2.24, 2.45) is 0 Å². The molecule has 2 heterocycles. The van der Waals surface area contributed by atoms with E-state index in [-0.39, 0.29) is 23.4 Å². The first-order chi connectivity index (χ1) is 17.5. The van der Waals surface area contributed by atoms with Crippen LogP contribution >= 0.6 is 0 Å². The molecule has 3 aromatic carbocycles. The third kappa shape index (κ3) is 5.05. The minimum absolute atomic E-state index is 0.0572. The highest BCUT2D eigenvalue weighted by atomic mass is 19.1. The Balaban J connectivity index is 1.39. The van der Waals surface area contributed by atoms with Crippen LogP contribution in [-0.2, 0) is 6.54 Å². The lowest BCUT2D eigenvalue weighted by atomic mass is 10.0. The zero-order chi connectivity index (χ0) is 25.1. The molecule has 184 valence electrons. The fraction of sp³-hybridized carbons (Fsp3) is 0.240. The normalized spacial score (nSPS) is 15.1. The van der Waals surface area contributed by atoms with Crippen molar-refractivity contribution in [1.29, 1.82) is 0 Å². The van der Waals surface area contributed by atoms with Crippen LogP contribution in [0.3, 0.4) is 0 Å². The largest absolute Gasteiger partial charge is 0.369 e. The van der Waals surface area contributed by atoms with Crippen LogP contribution in [0.2, 0.25) is 0 Å². The Morgan fingerprint density at radius 1 is 0.861 bits per heavy atom. The number of benzene rings is 3. The number of nitrogens with zero attached hydrogens (tertiary/aromatic N) is 7. The SMILES string of the molecule is O=[N+]([O-])c1ccc(N2CCN([C@@H](c3ccc(F)cc3)c3nnnn3Cc3ccc(F)cc3)CC2)cc1. The first-order valence-electron chi connectivity index (χ1n) is 11.5. The Morgan fingerprint density at radius 2 is 1.47 bits per heavy atom. The molecule has 9 nitrogen and oxygen atoms in total. The molecule has 0 spiro atoms. The van der Waals surface area contributed by atoms with E-state index in [4.69, 9.17) is 0 Å². The first-order valence-corrected chi connectivity index (χ1v) is 11.5. The Hall–Kier alpha value is -4.25. The molecule has 1 fully saturated rings. The van der Waals surface area contributed by atoms with E-state index in [1.165, 1.54) is 36.4 Å². The first kappa shape index (κ1) is 23.5. The van der Waals surface area contributed by atoms with Crippen LogP contribution in [-0.4, -0.2) is 56.2 Å². The van der Waals surface area contributed by atoms with E-state index in [2.05, 4.69) is 25.3 Å². The molecule has 0 aliphatic carbocycles. The summed E-state index contributed by atoms with van der Waals surface area (Å²) in [5, 5.41) is 23.4. The fourth-order valence-corrected chi connectivity index (χ4v) is 4.47. The Morgan fingerprint density at radius 3 is 2.08 bits per heavy atom. The lowest BCUT2D eigenvalue weighted by Crippen LogP contribution is -2.48. The van der Waals surface area contributed by atoms with Crippen molar-refractivity contribution in [3.63, 3.8) is 0 Å². The molecule has 5 rings (SSSR count). The summed E-state index contributed by atoms with van der Waals surface area (Å²) in [7, 11) is 0. The summed E-state index contributed by atoms with van der Waals surface area (Å²) in [4.78, 5) is 15.0. The molecule has 0 saturated carbocycles. The number of piperazine rings is 1. The number of hydrogen-bond acceptors (Lipinski definition) is 7. The predicted octanol–water partition coefficient (Wildman–Crippen LogP) is 3.82. The van der Waals surface area contributed by atoms with Crippen LogP contribution in [0.1, 0.15) is 23.0 Å². The maximum Gasteiger partial charge on any atom is 0.269 e. The summed E-state index contributed by atoms with van der Waals surface area (Å²) in [5.41, 5.74) is 2.68. The topological polar surface area (TPSA) is 93.2 Å². The fourth-order valence-electron chi connectivity index (χ4n) is 4.47. The van der Waals surface area contributed by atoms with E-state index < -0.39 is 4.92 Å². The van der Waals surface area contributed by atoms with Crippen LogP contribution < -0.4 is 4.90 Å². The van der Waals surface area contributed by atoms with Crippen LogP contribution in [0.15, 0.2) is 72.8 Å². The molecule has 0 amide bonds. The molecular weight excluding hydrogens is 468 g/mol. The standard InChI is InChI=1S/C25H23F2N7O2/c26-20-5-1-18(2-6-20)17-33-25(28-29-30-33)24(19-3-7-21(27)8-4-19)32-15-13-31(14-16-32)22-9-11-23(12-10-22)34(35)36/h1-12,24H,13-17H2/t24-/m0/s1. The van der Waals surface area contributed by atoms with Gasteiger partial charge >= 0.3 is 0 Å². The minimum atomic E-state index is -0.412. The predicted molar refractivity (Wildman–Crippen MR) is 128 cm³/mol. The van der Waals surface area contributed by atoms with E-state index in [1.807, 2.05) is 0 Å². The smallest absolute Gasteiger partial charge is 0.269 e. The average molecular weight is 492 g/mol. The summed E-state index contributed by atoms with van der Waals surface area (Å²) < 4.78 is 28.8. The number of non-ortho nitro benzene ring substituents is 1. The summed E-state index contributed by atoms with van der Waals surface area (Å²) >= 11 is 0. The molecule has 1 atom stereocenters. The molecule has 1 aromatic heterocycles. The summed E-state index contributed by atoms with van der Waals surface area (Å²) in [6, 6.07) is 18.7. The van der Waals surface area contributed by atoms with E-state index in [9.17, 15) is 18.9 Å². The van der Waals surface area contributed by atoms with Gasteiger partial charge in [0.25, 0.3) is 5.69 Å². The molecule has 4 aromatic rings. The van der Waals surface area contributed by atoms with Gasteiger partial charge in [0.05, 0.1) is 17.5 Å². The number of nitro benzene ring substituents is 1. The van der Waals surface area contributed by atoms with Gasteiger partial charge in [-0.05, 0) is 58.0 Å². The van der Waals surface area contributed by atoms with Gasteiger partial charge in [0.1, 0.15) is 11.6 Å². The highest BCUT2D eigenvalue weighted by Crippen LogP contribution is 2.30. The van der Waals surface area contributed by atoms with Crippen molar-refractivity contribution in [3.8, 4) is 0 Å². The van der Waals surface area contributed by atoms with Crippen LogP contribution in [0, 0.1) is 21.7 Å². The maximum atomic E-state index is 13.7. The second-order valence-corrected chi connectivity index (χ2v) is 8.57. The highest BCUT2D eigenvalue weighted by Gasteiger charge is 2.31. The molecule has 0 unspecified atom stereocenters. The maximum absolute atomic E-state index is 13.7. The van der Waals surface area contributed by atoms with Gasteiger partial charge in [0, 0.05) is 44.0 Å². The summed E-state index contributed by atoms with van der Waals surface area (Å²) in [5.74, 6) is -0.0353. The molecule has 1 saturated heterocycles. The molecule has 36 heavy (non-hydrogen) atoms. The van der Waals surface area contributed by atoms with Gasteiger partial charge in [-0.1, -0.05) is 24.3 Å². The molecule has 1 aliphatic rings. The number of aromatic nitrogens is 4. The molecule has 1 aliphatic heterocycles. The molecule has 0 N–H and O–H groups in total. The quantitative estimate of drug-likeness (QED) is 0.287. The van der Waals surface area contributed by atoms with E-state index in [1.54, 1.807) is 41.1 Å². The van der Waals surface area contributed by atoms with Crippen molar-refractivity contribution in [3.05, 3.63) is 111 Å². The van der Waals surface area contributed by atoms with Gasteiger partial charge in [-0.3, -0.25) is 15.0 Å². The highest BCUT2D eigenvalue weighted by molar-refractivity contribution is 5.51. The van der Waals surface area contributed by atoms with Gasteiger partial charge in [-0.25, -0.2) is 13.5 Å². The van der Waals surface area contributed by atoms with Crippen molar-refractivity contribution < 1.29 is 13.7 Å². The average Bonchev–Trinajstić information content (AvgIpc) is 3.34. The lowest BCUT2D eigenvalue weighted by molar-refractivity contribution is -0.384. The van der Waals surface area contributed by atoms with E-state index in [0.717, 1.165) is 16.8 Å².